The summed E-state index contributed by atoms with van der Waals surface area (Å²) in [5, 5.41) is 14.4. The minimum Gasteiger partial charge on any atom is -0.375 e. The highest BCUT2D eigenvalue weighted by atomic mass is 32.1. The Morgan fingerprint density at radius 3 is 3.00 bits per heavy atom. The van der Waals surface area contributed by atoms with Crippen molar-refractivity contribution in [3.63, 3.8) is 0 Å². The molecular formula is C14H12N4O2S. The predicted molar refractivity (Wildman–Crippen MR) is 82.6 cm³/mol. The minimum atomic E-state index is -0.388. The van der Waals surface area contributed by atoms with Gasteiger partial charge in [0.2, 0.25) is 0 Å². The molecule has 0 atom stereocenters. The number of nitro benzene ring substituents is 1. The molecule has 0 saturated heterocycles. The molecule has 106 valence electrons. The Kier molecular flexibility index (Phi) is 3.49. The van der Waals surface area contributed by atoms with Gasteiger partial charge in [0.15, 0.2) is 5.52 Å². The van der Waals surface area contributed by atoms with E-state index in [9.17, 15) is 10.1 Å². The quantitative estimate of drug-likeness (QED) is 0.589. The molecule has 3 aromatic rings. The molecule has 0 spiro atoms. The van der Waals surface area contributed by atoms with Crippen LogP contribution in [0.1, 0.15) is 11.1 Å². The van der Waals surface area contributed by atoms with E-state index in [0.29, 0.717) is 17.7 Å². The van der Waals surface area contributed by atoms with Gasteiger partial charge in [0.05, 0.1) is 15.1 Å². The number of anilines is 1. The predicted octanol–water partition coefficient (Wildman–Crippen LogP) is 3.52. The van der Waals surface area contributed by atoms with E-state index in [-0.39, 0.29) is 10.6 Å². The summed E-state index contributed by atoms with van der Waals surface area (Å²) in [5.74, 6) is 0. The van der Waals surface area contributed by atoms with Crippen LogP contribution >= 0.6 is 11.3 Å². The Hall–Kier alpha value is -2.54. The Bertz CT molecular complexity index is 816. The Morgan fingerprint density at radius 1 is 1.38 bits per heavy atom. The molecule has 0 aliphatic heterocycles. The first-order chi connectivity index (χ1) is 10.2. The van der Waals surface area contributed by atoms with E-state index in [1.54, 1.807) is 24.0 Å². The number of nitrogens with one attached hydrogen (secondary N) is 1. The van der Waals surface area contributed by atoms with Crippen LogP contribution in [0.3, 0.4) is 0 Å². The highest BCUT2D eigenvalue weighted by Gasteiger charge is 2.20. The van der Waals surface area contributed by atoms with Crippen molar-refractivity contribution < 1.29 is 4.92 Å². The van der Waals surface area contributed by atoms with Crippen LogP contribution < -0.4 is 5.32 Å². The van der Waals surface area contributed by atoms with Crippen LogP contribution in [0.4, 0.5) is 11.4 Å². The van der Waals surface area contributed by atoms with Crippen LogP contribution in [0.15, 0.2) is 36.1 Å². The third-order valence-corrected chi connectivity index (χ3v) is 4.07. The number of hydrogen-bond acceptors (Lipinski definition) is 6. The molecule has 2 heterocycles. The maximum atomic E-state index is 11.3. The van der Waals surface area contributed by atoms with Gasteiger partial charge in [0.1, 0.15) is 5.69 Å². The standard InChI is InChI=1S/C14H12N4O2S/c1-9-4-5-15-6-10(9)7-16-11-2-3-12-13(17-8-21-12)14(11)18(19)20/h2-6,8,16H,7H2,1H3. The van der Waals surface area contributed by atoms with Gasteiger partial charge in [-0.2, -0.15) is 0 Å². The highest BCUT2D eigenvalue weighted by Crippen LogP contribution is 2.34. The molecule has 0 aliphatic carbocycles. The molecule has 0 saturated carbocycles. The number of fused-ring (bicyclic) bond motifs is 1. The summed E-state index contributed by atoms with van der Waals surface area (Å²) in [6, 6.07) is 5.48. The van der Waals surface area contributed by atoms with Gasteiger partial charge < -0.3 is 5.32 Å². The van der Waals surface area contributed by atoms with Crippen LogP contribution in [-0.2, 0) is 6.54 Å². The van der Waals surface area contributed by atoms with Crippen LogP contribution in [-0.4, -0.2) is 14.9 Å². The lowest BCUT2D eigenvalue weighted by atomic mass is 10.1. The van der Waals surface area contributed by atoms with Crippen LogP contribution in [0.2, 0.25) is 0 Å². The fourth-order valence-corrected chi connectivity index (χ4v) is 2.80. The second kappa shape index (κ2) is 5.45. The molecule has 7 heteroatoms. The largest absolute Gasteiger partial charge is 0.375 e. The van der Waals surface area contributed by atoms with Gasteiger partial charge in [-0.15, -0.1) is 11.3 Å². The number of pyridine rings is 1. The zero-order valence-electron chi connectivity index (χ0n) is 11.2. The lowest BCUT2D eigenvalue weighted by molar-refractivity contribution is -0.382. The molecule has 0 bridgehead atoms. The zero-order valence-corrected chi connectivity index (χ0v) is 12.1. The topological polar surface area (TPSA) is 81.0 Å². The normalized spacial score (nSPS) is 10.7. The average Bonchev–Trinajstić information content (AvgIpc) is 2.93. The number of hydrogen-bond donors (Lipinski definition) is 1. The molecule has 0 unspecified atom stereocenters. The van der Waals surface area contributed by atoms with Crippen LogP contribution in [0.25, 0.3) is 10.2 Å². The lowest BCUT2D eigenvalue weighted by Crippen LogP contribution is -2.04. The van der Waals surface area contributed by atoms with Gasteiger partial charge in [-0.25, -0.2) is 4.98 Å². The molecule has 2 aromatic heterocycles. The van der Waals surface area contributed by atoms with E-state index in [1.165, 1.54) is 11.3 Å². The van der Waals surface area contributed by atoms with Crippen molar-refractivity contribution in [1.29, 1.82) is 0 Å². The summed E-state index contributed by atoms with van der Waals surface area (Å²) < 4.78 is 0.810. The number of aromatic nitrogens is 2. The number of aryl methyl sites for hydroxylation is 1. The molecule has 1 N–H and O–H groups in total. The van der Waals surface area contributed by atoms with Crippen molar-refractivity contribution in [2.75, 3.05) is 5.32 Å². The first kappa shape index (κ1) is 13.4. The summed E-state index contributed by atoms with van der Waals surface area (Å²) >= 11 is 1.39. The molecule has 1 aromatic carbocycles. The summed E-state index contributed by atoms with van der Waals surface area (Å²) in [6.07, 6.45) is 3.48. The second-order valence-electron chi connectivity index (χ2n) is 4.57. The Labute approximate surface area is 124 Å². The third kappa shape index (κ3) is 2.55. The number of nitro groups is 1. The van der Waals surface area contributed by atoms with Gasteiger partial charge in [0.25, 0.3) is 0 Å². The van der Waals surface area contributed by atoms with E-state index in [4.69, 9.17) is 0 Å². The van der Waals surface area contributed by atoms with E-state index in [1.807, 2.05) is 19.1 Å². The molecule has 3 rings (SSSR count). The van der Waals surface area contributed by atoms with Crippen molar-refractivity contribution in [2.24, 2.45) is 0 Å². The molecule has 21 heavy (non-hydrogen) atoms. The van der Waals surface area contributed by atoms with E-state index >= 15 is 0 Å². The zero-order chi connectivity index (χ0) is 14.8. The molecule has 6 nitrogen and oxygen atoms in total. The van der Waals surface area contributed by atoms with Crippen LogP contribution in [0, 0.1) is 17.0 Å². The van der Waals surface area contributed by atoms with Gasteiger partial charge in [-0.1, -0.05) is 0 Å². The SMILES string of the molecule is Cc1ccncc1CNc1ccc2scnc2c1[N+](=O)[O-]. The highest BCUT2D eigenvalue weighted by molar-refractivity contribution is 7.16. The van der Waals surface area contributed by atoms with Gasteiger partial charge in [0, 0.05) is 18.9 Å². The number of rotatable bonds is 4. The summed E-state index contributed by atoms with van der Waals surface area (Å²) in [4.78, 5) is 19.1. The first-order valence-corrected chi connectivity index (χ1v) is 7.18. The van der Waals surface area contributed by atoms with E-state index in [2.05, 4.69) is 15.3 Å². The van der Waals surface area contributed by atoms with E-state index in [0.717, 1.165) is 15.8 Å². The van der Waals surface area contributed by atoms with Crippen LogP contribution in [0.5, 0.6) is 0 Å². The number of thiazole rings is 1. The maximum Gasteiger partial charge on any atom is 0.319 e. The third-order valence-electron chi connectivity index (χ3n) is 3.28. The first-order valence-electron chi connectivity index (χ1n) is 6.31. The molecule has 0 radical (unpaired) electrons. The fraction of sp³-hybridized carbons (Fsp3) is 0.143. The van der Waals surface area contributed by atoms with Crippen molar-refractivity contribution in [3.8, 4) is 0 Å². The molecule has 0 amide bonds. The number of benzene rings is 1. The Morgan fingerprint density at radius 2 is 2.24 bits per heavy atom. The number of nitrogens with zero attached hydrogens (tertiary/aromatic N) is 3. The van der Waals surface area contributed by atoms with Gasteiger partial charge in [-0.05, 0) is 36.2 Å². The monoisotopic (exact) mass is 300 g/mol. The smallest absolute Gasteiger partial charge is 0.319 e. The van der Waals surface area contributed by atoms with Gasteiger partial charge >= 0.3 is 5.69 Å². The van der Waals surface area contributed by atoms with Crippen molar-refractivity contribution in [1.82, 2.24) is 9.97 Å². The molecule has 0 fully saturated rings. The molecular weight excluding hydrogens is 288 g/mol. The Balaban J connectivity index is 1.95. The fourth-order valence-electron chi connectivity index (χ4n) is 2.12. The summed E-state index contributed by atoms with van der Waals surface area (Å²) in [6.45, 7) is 2.47. The lowest BCUT2D eigenvalue weighted by Gasteiger charge is -2.09. The second-order valence-corrected chi connectivity index (χ2v) is 5.46. The summed E-state index contributed by atoms with van der Waals surface area (Å²) in [5.41, 5.74) is 4.64. The van der Waals surface area contributed by atoms with Crippen molar-refractivity contribution >= 4 is 32.9 Å². The average molecular weight is 300 g/mol. The molecule has 0 aliphatic rings. The summed E-state index contributed by atoms with van der Waals surface area (Å²) in [7, 11) is 0. The minimum absolute atomic E-state index is 0.0234. The van der Waals surface area contributed by atoms with Crippen molar-refractivity contribution in [2.45, 2.75) is 13.5 Å². The van der Waals surface area contributed by atoms with Crippen molar-refractivity contribution in [3.05, 3.63) is 57.3 Å². The van der Waals surface area contributed by atoms with E-state index < -0.39 is 0 Å². The maximum absolute atomic E-state index is 11.3. The van der Waals surface area contributed by atoms with Gasteiger partial charge in [-0.3, -0.25) is 15.1 Å².